The van der Waals surface area contributed by atoms with Crippen LogP contribution in [0.2, 0.25) is 0 Å². The highest BCUT2D eigenvalue weighted by Gasteiger charge is 2.40. The molecule has 2 heterocycles. The summed E-state index contributed by atoms with van der Waals surface area (Å²) in [6.07, 6.45) is 0. The molecule has 0 aromatic heterocycles. The number of fused-ring (bicyclic) bond motifs is 3. The van der Waals surface area contributed by atoms with E-state index in [9.17, 15) is 9.59 Å². The van der Waals surface area contributed by atoms with Crippen molar-refractivity contribution >= 4 is 40.5 Å². The fraction of sp³-hybridized carbons (Fsp3) is 0.357. The largest absolute Gasteiger partial charge is 0.489 e. The number of nitrogens with two attached hydrogens (primary N) is 1. The highest BCUT2D eigenvalue weighted by molar-refractivity contribution is 7.80. The van der Waals surface area contributed by atoms with Crippen LogP contribution in [0.15, 0.2) is 18.2 Å². The Balaban J connectivity index is 1.92. The molecule has 1 saturated heterocycles. The van der Waals surface area contributed by atoms with Gasteiger partial charge in [0, 0.05) is 19.2 Å². The summed E-state index contributed by atoms with van der Waals surface area (Å²) in [5.74, 6) is 0.136. The van der Waals surface area contributed by atoms with Crippen LogP contribution in [0.4, 0.5) is 11.4 Å². The zero-order chi connectivity index (χ0) is 15.9. The van der Waals surface area contributed by atoms with Crippen LogP contribution < -0.4 is 20.7 Å². The fourth-order valence-electron chi connectivity index (χ4n) is 2.76. The van der Waals surface area contributed by atoms with E-state index in [1.165, 1.54) is 6.92 Å². The quantitative estimate of drug-likeness (QED) is 0.779. The van der Waals surface area contributed by atoms with Gasteiger partial charge in [-0.1, -0.05) is 0 Å². The summed E-state index contributed by atoms with van der Waals surface area (Å²) in [5, 5.41) is 3.29. The van der Waals surface area contributed by atoms with Crippen LogP contribution in [0.5, 0.6) is 5.75 Å². The number of anilines is 2. The van der Waals surface area contributed by atoms with E-state index in [1.54, 1.807) is 17.0 Å². The lowest BCUT2D eigenvalue weighted by molar-refractivity contribution is -0.118. The Bertz CT molecular complexity index is 663. The lowest BCUT2D eigenvalue weighted by Gasteiger charge is -2.32. The summed E-state index contributed by atoms with van der Waals surface area (Å²) in [4.78, 5) is 26.1. The van der Waals surface area contributed by atoms with Crippen LogP contribution in [-0.2, 0) is 9.59 Å². The van der Waals surface area contributed by atoms with Crippen molar-refractivity contribution in [2.24, 2.45) is 5.73 Å². The highest BCUT2D eigenvalue weighted by atomic mass is 32.1. The number of thiocarbonyl (C=S) groups is 1. The Labute approximate surface area is 133 Å². The number of nitrogens with zero attached hydrogens (tertiary/aromatic N) is 2. The van der Waals surface area contributed by atoms with Gasteiger partial charge >= 0.3 is 0 Å². The number of hydrogen-bond acceptors (Lipinski definition) is 4. The van der Waals surface area contributed by atoms with Crippen molar-refractivity contribution in [2.75, 3.05) is 29.9 Å². The Morgan fingerprint density at radius 1 is 1.50 bits per heavy atom. The molecule has 8 heteroatoms. The number of carbonyl (C=O) groups is 2. The van der Waals surface area contributed by atoms with Gasteiger partial charge in [0.05, 0.1) is 18.3 Å². The lowest BCUT2D eigenvalue weighted by Crippen LogP contribution is -2.42. The summed E-state index contributed by atoms with van der Waals surface area (Å²) in [5.41, 5.74) is 6.72. The van der Waals surface area contributed by atoms with Crippen LogP contribution >= 0.6 is 12.2 Å². The van der Waals surface area contributed by atoms with E-state index < -0.39 is 5.91 Å². The maximum Gasteiger partial charge on any atom is 0.237 e. The summed E-state index contributed by atoms with van der Waals surface area (Å²) >= 11 is 5.47. The molecule has 3 N–H and O–H groups in total. The molecule has 1 fully saturated rings. The second kappa shape index (κ2) is 5.45. The van der Waals surface area contributed by atoms with Crippen molar-refractivity contribution in [3.05, 3.63) is 18.2 Å². The first-order chi connectivity index (χ1) is 10.5. The monoisotopic (exact) mass is 320 g/mol. The third-order valence-electron chi connectivity index (χ3n) is 3.59. The summed E-state index contributed by atoms with van der Waals surface area (Å²) in [6.45, 7) is 2.62. The normalized spacial score (nSPS) is 19.3. The fourth-order valence-corrected chi connectivity index (χ4v) is 3.15. The van der Waals surface area contributed by atoms with Gasteiger partial charge in [-0.25, -0.2) is 0 Å². The predicted octanol–water partition coefficient (Wildman–Crippen LogP) is 0.298. The van der Waals surface area contributed by atoms with Crippen LogP contribution in [0.1, 0.15) is 6.92 Å². The SMILES string of the molecule is CC(=O)Nc1ccc2c(c1)N1C(=S)N(CC(N)=O)CC1CO2. The van der Waals surface area contributed by atoms with Crippen molar-refractivity contribution in [3.63, 3.8) is 0 Å². The van der Waals surface area contributed by atoms with Crippen molar-refractivity contribution in [1.29, 1.82) is 0 Å². The third-order valence-corrected chi connectivity index (χ3v) is 4.04. The van der Waals surface area contributed by atoms with E-state index in [0.717, 1.165) is 5.69 Å². The second-order valence-electron chi connectivity index (χ2n) is 5.33. The van der Waals surface area contributed by atoms with Gasteiger partial charge in [-0.15, -0.1) is 0 Å². The van der Waals surface area contributed by atoms with Gasteiger partial charge in [-0.05, 0) is 30.4 Å². The maximum atomic E-state index is 11.2. The van der Waals surface area contributed by atoms with Gasteiger partial charge in [0.2, 0.25) is 11.8 Å². The number of rotatable bonds is 3. The standard InChI is InChI=1S/C14H16N4O3S/c1-8(19)16-9-2-3-12-11(4-9)18-10(7-21-12)5-17(14(18)22)6-13(15)20/h2-4,10H,5-7H2,1H3,(H2,15,20)(H,16,19). The molecule has 0 spiro atoms. The number of amides is 2. The molecule has 1 atom stereocenters. The van der Waals surface area contributed by atoms with Crippen LogP contribution in [0.3, 0.4) is 0 Å². The van der Waals surface area contributed by atoms with Crippen molar-refractivity contribution < 1.29 is 14.3 Å². The molecule has 0 aliphatic carbocycles. The van der Waals surface area contributed by atoms with E-state index in [-0.39, 0.29) is 18.5 Å². The molecular weight excluding hydrogens is 304 g/mol. The first kappa shape index (κ1) is 14.6. The number of nitrogens with one attached hydrogen (secondary N) is 1. The zero-order valence-electron chi connectivity index (χ0n) is 12.0. The molecule has 0 radical (unpaired) electrons. The molecule has 0 bridgehead atoms. The molecule has 2 aliphatic heterocycles. The van der Waals surface area contributed by atoms with Gasteiger partial charge < -0.3 is 25.6 Å². The minimum atomic E-state index is -0.421. The Morgan fingerprint density at radius 2 is 2.27 bits per heavy atom. The highest BCUT2D eigenvalue weighted by Crippen LogP contribution is 2.39. The molecular formula is C14H16N4O3S. The zero-order valence-corrected chi connectivity index (χ0v) is 12.9. The molecule has 3 rings (SSSR count). The molecule has 22 heavy (non-hydrogen) atoms. The summed E-state index contributed by atoms with van der Waals surface area (Å²) < 4.78 is 5.74. The molecule has 7 nitrogen and oxygen atoms in total. The van der Waals surface area contributed by atoms with Gasteiger partial charge in [-0.2, -0.15) is 0 Å². The first-order valence-electron chi connectivity index (χ1n) is 6.86. The van der Waals surface area contributed by atoms with Crippen LogP contribution in [0.25, 0.3) is 0 Å². The number of ether oxygens (including phenoxy) is 1. The minimum Gasteiger partial charge on any atom is -0.489 e. The van der Waals surface area contributed by atoms with Gasteiger partial charge in [0.1, 0.15) is 12.4 Å². The third kappa shape index (κ3) is 2.57. The first-order valence-corrected chi connectivity index (χ1v) is 7.27. The smallest absolute Gasteiger partial charge is 0.237 e. The molecule has 1 unspecified atom stereocenters. The average molecular weight is 320 g/mol. The van der Waals surface area contributed by atoms with E-state index >= 15 is 0 Å². The number of primary amides is 1. The maximum absolute atomic E-state index is 11.2. The number of hydrogen-bond donors (Lipinski definition) is 2. The second-order valence-corrected chi connectivity index (χ2v) is 5.69. The van der Waals surface area contributed by atoms with Crippen molar-refractivity contribution in [1.82, 2.24) is 4.90 Å². The van der Waals surface area contributed by atoms with Gasteiger partial charge in [0.15, 0.2) is 5.11 Å². The Kier molecular flexibility index (Phi) is 3.61. The Morgan fingerprint density at radius 3 is 2.95 bits per heavy atom. The van der Waals surface area contributed by atoms with Crippen LogP contribution in [0, 0.1) is 0 Å². The molecule has 2 amide bonds. The topological polar surface area (TPSA) is 87.9 Å². The van der Waals surface area contributed by atoms with E-state index in [0.29, 0.717) is 29.7 Å². The van der Waals surface area contributed by atoms with Crippen molar-refractivity contribution in [2.45, 2.75) is 13.0 Å². The molecule has 0 saturated carbocycles. The average Bonchev–Trinajstić information content (AvgIpc) is 2.74. The predicted molar refractivity (Wildman–Crippen MR) is 85.9 cm³/mol. The van der Waals surface area contributed by atoms with Crippen molar-refractivity contribution in [3.8, 4) is 5.75 Å². The minimum absolute atomic E-state index is 0.0342. The van der Waals surface area contributed by atoms with E-state index in [2.05, 4.69) is 5.32 Å². The van der Waals surface area contributed by atoms with E-state index in [4.69, 9.17) is 22.7 Å². The summed E-state index contributed by atoms with van der Waals surface area (Å²) in [6, 6.07) is 5.44. The molecule has 1 aromatic carbocycles. The lowest BCUT2D eigenvalue weighted by atomic mass is 10.1. The molecule has 116 valence electrons. The van der Waals surface area contributed by atoms with Gasteiger partial charge in [0.25, 0.3) is 0 Å². The molecule has 1 aromatic rings. The van der Waals surface area contributed by atoms with E-state index in [1.807, 2.05) is 11.0 Å². The van der Waals surface area contributed by atoms with Gasteiger partial charge in [-0.3, -0.25) is 9.59 Å². The number of carbonyl (C=O) groups excluding carboxylic acids is 2. The molecule has 2 aliphatic rings. The Hall–Kier alpha value is -2.35. The number of benzene rings is 1. The summed E-state index contributed by atoms with van der Waals surface area (Å²) in [7, 11) is 0. The van der Waals surface area contributed by atoms with Crippen LogP contribution in [-0.4, -0.2) is 47.6 Å².